The van der Waals surface area contributed by atoms with E-state index in [1.54, 1.807) is 0 Å². The Bertz CT molecular complexity index is 339. The zero-order valence-corrected chi connectivity index (χ0v) is 13.3. The molecule has 0 aliphatic carbocycles. The number of unbranched alkanes of at least 4 members (excludes halogenated alkanes) is 1. The van der Waals surface area contributed by atoms with Crippen molar-refractivity contribution in [3.8, 4) is 0 Å². The Hall–Kier alpha value is 0.01000. The van der Waals surface area contributed by atoms with Crippen LogP contribution in [0.5, 0.6) is 0 Å². The Kier molecular flexibility index (Phi) is 7.24. The van der Waals surface area contributed by atoms with E-state index in [0.717, 1.165) is 6.54 Å². The van der Waals surface area contributed by atoms with E-state index in [1.165, 1.54) is 33.5 Å². The quantitative estimate of drug-likeness (QED) is 0.571. The second-order valence-corrected chi connectivity index (χ2v) is 6.51. The van der Waals surface area contributed by atoms with Crippen molar-refractivity contribution < 1.29 is 0 Å². The number of benzene rings is 1. The average Bonchev–Trinajstić information content (AvgIpc) is 2.28. The van der Waals surface area contributed by atoms with Gasteiger partial charge in [-0.1, -0.05) is 49.2 Å². The second-order valence-electron chi connectivity index (χ2n) is 4.49. The molecule has 0 unspecified atom stereocenters. The molecule has 0 aromatic heterocycles. The minimum absolute atomic E-state index is 0.528. The zero-order chi connectivity index (χ0) is 12.7. The maximum atomic E-state index is 3.65. The van der Waals surface area contributed by atoms with Gasteiger partial charge < -0.3 is 5.32 Å². The third kappa shape index (κ3) is 5.94. The molecule has 0 bridgehead atoms. The molecule has 1 N–H and O–H groups in total. The van der Waals surface area contributed by atoms with E-state index >= 15 is 0 Å². The first-order chi connectivity index (χ1) is 8.13. The maximum absolute atomic E-state index is 3.65. The Morgan fingerprint density at radius 1 is 1.35 bits per heavy atom. The van der Waals surface area contributed by atoms with Crippen LogP contribution in [-0.2, 0) is 6.54 Å². The fourth-order valence-electron chi connectivity index (χ4n) is 1.41. The van der Waals surface area contributed by atoms with Gasteiger partial charge in [-0.3, -0.25) is 0 Å². The van der Waals surface area contributed by atoms with Crippen LogP contribution in [0.2, 0.25) is 0 Å². The van der Waals surface area contributed by atoms with Crippen LogP contribution in [-0.4, -0.2) is 11.8 Å². The van der Waals surface area contributed by atoms with Crippen LogP contribution in [0.1, 0.15) is 39.2 Å². The van der Waals surface area contributed by atoms with Crippen LogP contribution >= 0.6 is 27.7 Å². The lowest BCUT2D eigenvalue weighted by Gasteiger charge is -2.10. The predicted octanol–water partition coefficient (Wildman–Crippen LogP) is 4.84. The van der Waals surface area contributed by atoms with Crippen molar-refractivity contribution in [1.82, 2.24) is 5.32 Å². The zero-order valence-electron chi connectivity index (χ0n) is 10.9. The van der Waals surface area contributed by atoms with Crippen LogP contribution in [0.25, 0.3) is 0 Å². The molecule has 3 heteroatoms. The Morgan fingerprint density at radius 3 is 2.71 bits per heavy atom. The number of thioether (sulfide) groups is 1. The third-order valence-electron chi connectivity index (χ3n) is 2.49. The summed E-state index contributed by atoms with van der Waals surface area (Å²) in [7, 11) is 0. The molecule has 17 heavy (non-hydrogen) atoms. The molecule has 0 amide bonds. The summed E-state index contributed by atoms with van der Waals surface area (Å²) in [5.74, 6) is 1.21. The SMILES string of the molecule is CCCCSc1ccc(CNC(C)C)c(Br)c1. The fraction of sp³-hybridized carbons (Fsp3) is 0.571. The lowest BCUT2D eigenvalue weighted by molar-refractivity contribution is 0.587. The molecule has 96 valence electrons. The van der Waals surface area contributed by atoms with Gasteiger partial charge in [0.25, 0.3) is 0 Å². The van der Waals surface area contributed by atoms with E-state index in [0.29, 0.717) is 6.04 Å². The first-order valence-corrected chi connectivity index (χ1v) is 8.06. The lowest BCUT2D eigenvalue weighted by atomic mass is 10.2. The Labute approximate surface area is 118 Å². The molecule has 1 nitrogen and oxygen atoms in total. The van der Waals surface area contributed by atoms with Crippen molar-refractivity contribution in [2.24, 2.45) is 0 Å². The van der Waals surface area contributed by atoms with Crippen molar-refractivity contribution in [2.75, 3.05) is 5.75 Å². The topological polar surface area (TPSA) is 12.0 Å². The van der Waals surface area contributed by atoms with Gasteiger partial charge >= 0.3 is 0 Å². The van der Waals surface area contributed by atoms with Crippen LogP contribution in [0.3, 0.4) is 0 Å². The first-order valence-electron chi connectivity index (χ1n) is 6.28. The maximum Gasteiger partial charge on any atom is 0.0231 e. The monoisotopic (exact) mass is 315 g/mol. The largest absolute Gasteiger partial charge is 0.310 e. The van der Waals surface area contributed by atoms with E-state index in [4.69, 9.17) is 0 Å². The number of rotatable bonds is 7. The molecular formula is C14H22BrNS. The number of hydrogen-bond acceptors (Lipinski definition) is 2. The molecule has 0 atom stereocenters. The molecule has 0 heterocycles. The second kappa shape index (κ2) is 8.17. The minimum atomic E-state index is 0.528. The molecule has 1 aromatic rings. The minimum Gasteiger partial charge on any atom is -0.310 e. The van der Waals surface area contributed by atoms with Crippen molar-refractivity contribution in [3.05, 3.63) is 28.2 Å². The standard InChI is InChI=1S/C14H22BrNS/c1-4-5-8-17-13-7-6-12(14(15)9-13)10-16-11(2)3/h6-7,9,11,16H,4-5,8,10H2,1-3H3. The van der Waals surface area contributed by atoms with E-state index in [1.807, 2.05) is 11.8 Å². The van der Waals surface area contributed by atoms with Gasteiger partial charge in [-0.05, 0) is 29.9 Å². The van der Waals surface area contributed by atoms with Gasteiger partial charge in [0.2, 0.25) is 0 Å². The summed E-state index contributed by atoms with van der Waals surface area (Å²) in [5, 5.41) is 3.44. The summed E-state index contributed by atoms with van der Waals surface area (Å²) in [6, 6.07) is 7.20. The van der Waals surface area contributed by atoms with E-state index in [2.05, 4.69) is 60.2 Å². The van der Waals surface area contributed by atoms with Crippen LogP contribution < -0.4 is 5.32 Å². The van der Waals surface area contributed by atoms with Crippen molar-refractivity contribution >= 4 is 27.7 Å². The van der Waals surface area contributed by atoms with Crippen LogP contribution in [0.15, 0.2) is 27.6 Å². The summed E-state index contributed by atoms with van der Waals surface area (Å²) >= 11 is 5.59. The highest BCUT2D eigenvalue weighted by Gasteiger charge is 2.02. The van der Waals surface area contributed by atoms with Gasteiger partial charge in [0, 0.05) is 22.0 Å². The Balaban J connectivity index is 2.53. The molecule has 1 rings (SSSR count). The highest BCUT2D eigenvalue weighted by molar-refractivity contribution is 9.10. The van der Waals surface area contributed by atoms with Gasteiger partial charge in [-0.25, -0.2) is 0 Å². The summed E-state index contributed by atoms with van der Waals surface area (Å²) in [6.45, 7) is 7.50. The van der Waals surface area contributed by atoms with E-state index < -0.39 is 0 Å². The highest BCUT2D eigenvalue weighted by Crippen LogP contribution is 2.26. The van der Waals surface area contributed by atoms with Gasteiger partial charge in [-0.15, -0.1) is 11.8 Å². The van der Waals surface area contributed by atoms with Gasteiger partial charge in [0.15, 0.2) is 0 Å². The summed E-state index contributed by atoms with van der Waals surface area (Å²) in [4.78, 5) is 1.36. The normalized spacial score (nSPS) is 11.1. The molecule has 0 aliphatic rings. The van der Waals surface area contributed by atoms with Gasteiger partial charge in [0.05, 0.1) is 0 Å². The first kappa shape index (κ1) is 15.1. The lowest BCUT2D eigenvalue weighted by Crippen LogP contribution is -2.21. The highest BCUT2D eigenvalue weighted by atomic mass is 79.9. The van der Waals surface area contributed by atoms with Gasteiger partial charge in [-0.2, -0.15) is 0 Å². The smallest absolute Gasteiger partial charge is 0.0231 e. The molecule has 0 radical (unpaired) electrons. The van der Waals surface area contributed by atoms with E-state index in [9.17, 15) is 0 Å². The molecular weight excluding hydrogens is 294 g/mol. The summed E-state index contributed by atoms with van der Waals surface area (Å²) in [6.07, 6.45) is 2.56. The number of halogens is 1. The molecule has 0 saturated heterocycles. The predicted molar refractivity (Wildman–Crippen MR) is 81.7 cm³/mol. The van der Waals surface area contributed by atoms with E-state index in [-0.39, 0.29) is 0 Å². The Morgan fingerprint density at radius 2 is 2.12 bits per heavy atom. The third-order valence-corrected chi connectivity index (χ3v) is 4.31. The molecule has 0 fully saturated rings. The van der Waals surface area contributed by atoms with Crippen molar-refractivity contribution in [2.45, 2.75) is 51.1 Å². The average molecular weight is 316 g/mol. The molecule has 0 spiro atoms. The van der Waals surface area contributed by atoms with Crippen LogP contribution in [0, 0.1) is 0 Å². The summed E-state index contributed by atoms with van der Waals surface area (Å²) < 4.78 is 1.21. The fourth-order valence-corrected chi connectivity index (χ4v) is 3.11. The summed E-state index contributed by atoms with van der Waals surface area (Å²) in [5.41, 5.74) is 1.33. The van der Waals surface area contributed by atoms with Crippen molar-refractivity contribution in [3.63, 3.8) is 0 Å². The number of nitrogens with one attached hydrogen (secondary N) is 1. The molecule has 0 saturated carbocycles. The molecule has 1 aromatic carbocycles. The van der Waals surface area contributed by atoms with Gasteiger partial charge in [0.1, 0.15) is 0 Å². The molecule has 0 aliphatic heterocycles. The van der Waals surface area contributed by atoms with Crippen molar-refractivity contribution in [1.29, 1.82) is 0 Å². The number of hydrogen-bond donors (Lipinski definition) is 1. The van der Waals surface area contributed by atoms with Crippen LogP contribution in [0.4, 0.5) is 0 Å².